The van der Waals surface area contributed by atoms with Crippen LogP contribution < -0.4 is 10.6 Å². The number of primary amides is 1. The van der Waals surface area contributed by atoms with Crippen LogP contribution in [0.25, 0.3) is 0 Å². The first-order valence-electron chi connectivity index (χ1n) is 6.11. The molecule has 0 saturated carbocycles. The van der Waals surface area contributed by atoms with E-state index in [9.17, 15) is 14.4 Å². The van der Waals surface area contributed by atoms with E-state index < -0.39 is 23.6 Å². The number of rotatable bonds is 2. The molecule has 0 aliphatic carbocycles. The number of fused-ring (bicyclic) bond motifs is 1. The van der Waals surface area contributed by atoms with Gasteiger partial charge in [0.1, 0.15) is 5.92 Å². The Morgan fingerprint density at radius 1 is 1.18 bits per heavy atom. The van der Waals surface area contributed by atoms with Crippen molar-refractivity contribution in [3.63, 3.8) is 0 Å². The maximum atomic E-state index is 12.6. The zero-order chi connectivity index (χ0) is 16.0. The summed E-state index contributed by atoms with van der Waals surface area (Å²) in [7, 11) is 0. The molecule has 1 aliphatic heterocycles. The van der Waals surface area contributed by atoms with E-state index in [1.54, 1.807) is 5.38 Å². The number of amides is 3. The van der Waals surface area contributed by atoms with E-state index in [0.29, 0.717) is 20.5 Å². The van der Waals surface area contributed by atoms with Gasteiger partial charge in [0.05, 0.1) is 15.6 Å². The number of carbonyl (C=O) groups excluding carboxylic acids is 3. The Labute approximate surface area is 139 Å². The fourth-order valence-corrected chi connectivity index (χ4v) is 3.63. The smallest absolute Gasteiger partial charge is 0.326 e. The molecule has 1 unspecified atom stereocenters. The molecule has 3 rings (SSSR count). The second-order valence-electron chi connectivity index (χ2n) is 4.64. The molecule has 1 atom stereocenters. The lowest BCUT2D eigenvalue weighted by molar-refractivity contribution is -0.117. The molecule has 1 aromatic heterocycles. The Kier molecular flexibility index (Phi) is 3.68. The molecule has 22 heavy (non-hydrogen) atoms. The number of nitrogens with two attached hydrogens (primary N) is 1. The third-order valence-corrected chi connectivity index (χ3v) is 4.83. The SMILES string of the molecule is NC(=O)N1C(=O)C(C(=O)c2cc(Cl)cs2)c2cc(Cl)ccc21. The van der Waals surface area contributed by atoms with E-state index in [-0.39, 0.29) is 5.69 Å². The zero-order valence-corrected chi connectivity index (χ0v) is 13.2. The predicted molar refractivity (Wildman–Crippen MR) is 84.9 cm³/mol. The molecular formula is C14H8Cl2N2O3S. The lowest BCUT2D eigenvalue weighted by Gasteiger charge is -2.12. The number of Topliss-reactive ketones (excluding diaryl/α,β-unsaturated/α-hetero) is 1. The number of imide groups is 1. The Morgan fingerprint density at radius 2 is 1.91 bits per heavy atom. The van der Waals surface area contributed by atoms with E-state index in [1.165, 1.54) is 24.3 Å². The zero-order valence-electron chi connectivity index (χ0n) is 10.9. The number of ketones is 1. The number of urea groups is 1. The Balaban J connectivity index is 2.12. The number of thiophene rings is 1. The average molecular weight is 355 g/mol. The van der Waals surface area contributed by atoms with Crippen molar-refractivity contribution in [1.82, 2.24) is 0 Å². The fraction of sp³-hybridized carbons (Fsp3) is 0.0714. The molecule has 8 heteroatoms. The molecule has 0 spiro atoms. The summed E-state index contributed by atoms with van der Waals surface area (Å²) in [5.74, 6) is -2.26. The number of nitrogens with zero attached hydrogens (tertiary/aromatic N) is 1. The van der Waals surface area contributed by atoms with Crippen LogP contribution in [0.4, 0.5) is 10.5 Å². The van der Waals surface area contributed by atoms with Gasteiger partial charge in [0, 0.05) is 10.4 Å². The van der Waals surface area contributed by atoms with Gasteiger partial charge < -0.3 is 5.73 Å². The third kappa shape index (κ3) is 2.29. The average Bonchev–Trinajstić information content (AvgIpc) is 2.98. The van der Waals surface area contributed by atoms with Crippen molar-refractivity contribution in [2.45, 2.75) is 5.92 Å². The number of hydrogen-bond donors (Lipinski definition) is 1. The van der Waals surface area contributed by atoms with Crippen molar-refractivity contribution >= 4 is 57.9 Å². The molecule has 112 valence electrons. The third-order valence-electron chi connectivity index (χ3n) is 3.30. The number of halogens is 2. The summed E-state index contributed by atoms with van der Waals surface area (Å²) in [6, 6.07) is 5.07. The normalized spacial score (nSPS) is 16.7. The molecular weight excluding hydrogens is 347 g/mol. The van der Waals surface area contributed by atoms with Crippen molar-refractivity contribution in [2.24, 2.45) is 5.73 Å². The number of hydrogen-bond acceptors (Lipinski definition) is 4. The van der Waals surface area contributed by atoms with Gasteiger partial charge in [-0.05, 0) is 29.8 Å². The first-order valence-corrected chi connectivity index (χ1v) is 7.75. The monoisotopic (exact) mass is 354 g/mol. The van der Waals surface area contributed by atoms with Crippen molar-refractivity contribution < 1.29 is 14.4 Å². The molecule has 1 aliphatic rings. The maximum Gasteiger partial charge on any atom is 0.326 e. The molecule has 0 bridgehead atoms. The number of anilines is 1. The van der Waals surface area contributed by atoms with Crippen LogP contribution in [0.15, 0.2) is 29.6 Å². The maximum absolute atomic E-state index is 12.6. The molecule has 1 aromatic carbocycles. The molecule has 2 heterocycles. The highest BCUT2D eigenvalue weighted by molar-refractivity contribution is 7.12. The highest BCUT2D eigenvalue weighted by atomic mass is 35.5. The topological polar surface area (TPSA) is 80.5 Å². The summed E-state index contributed by atoms with van der Waals surface area (Å²) in [5, 5.41) is 2.37. The quantitative estimate of drug-likeness (QED) is 0.662. The minimum atomic E-state index is -1.14. The van der Waals surface area contributed by atoms with Gasteiger partial charge >= 0.3 is 6.03 Å². The standard InChI is InChI=1S/C14H8Cl2N2O3S/c15-6-1-2-9-8(3-6)11(13(20)18(9)14(17)21)12(19)10-4-7(16)5-22-10/h1-5,11H,(H2,17,21). The van der Waals surface area contributed by atoms with E-state index in [0.717, 1.165) is 16.2 Å². The molecule has 3 amide bonds. The second-order valence-corrected chi connectivity index (χ2v) is 6.43. The highest BCUT2D eigenvalue weighted by Crippen LogP contribution is 2.41. The summed E-state index contributed by atoms with van der Waals surface area (Å²) in [6.07, 6.45) is 0. The van der Waals surface area contributed by atoms with Gasteiger partial charge in [-0.1, -0.05) is 23.2 Å². The van der Waals surface area contributed by atoms with Gasteiger partial charge in [0.15, 0.2) is 5.78 Å². The lowest BCUT2D eigenvalue weighted by atomic mass is 9.95. The van der Waals surface area contributed by atoms with Gasteiger partial charge in [0.2, 0.25) is 0 Å². The van der Waals surface area contributed by atoms with Crippen LogP contribution in [0, 0.1) is 0 Å². The van der Waals surface area contributed by atoms with Crippen LogP contribution in [0.3, 0.4) is 0 Å². The van der Waals surface area contributed by atoms with Crippen LogP contribution in [-0.2, 0) is 4.79 Å². The summed E-state index contributed by atoms with van der Waals surface area (Å²) in [4.78, 5) is 37.8. The molecule has 0 fully saturated rings. The highest BCUT2D eigenvalue weighted by Gasteiger charge is 2.44. The number of carbonyl (C=O) groups is 3. The Morgan fingerprint density at radius 3 is 2.50 bits per heavy atom. The van der Waals surface area contributed by atoms with E-state index in [1.807, 2.05) is 0 Å². The van der Waals surface area contributed by atoms with Gasteiger partial charge in [-0.2, -0.15) is 0 Å². The minimum Gasteiger partial charge on any atom is -0.351 e. The molecule has 2 aromatic rings. The van der Waals surface area contributed by atoms with Crippen molar-refractivity contribution in [2.75, 3.05) is 4.90 Å². The first-order chi connectivity index (χ1) is 10.4. The summed E-state index contributed by atoms with van der Waals surface area (Å²) in [5.41, 5.74) is 5.90. The van der Waals surface area contributed by atoms with E-state index in [4.69, 9.17) is 28.9 Å². The fourth-order valence-electron chi connectivity index (χ4n) is 2.41. The molecule has 5 nitrogen and oxygen atoms in total. The Hall–Kier alpha value is -1.89. The molecule has 2 N–H and O–H groups in total. The van der Waals surface area contributed by atoms with Gasteiger partial charge in [-0.25, -0.2) is 9.69 Å². The Bertz CT molecular complexity index is 818. The van der Waals surface area contributed by atoms with Crippen LogP contribution >= 0.6 is 34.5 Å². The minimum absolute atomic E-state index is 0.280. The summed E-state index contributed by atoms with van der Waals surface area (Å²) < 4.78 is 0. The summed E-state index contributed by atoms with van der Waals surface area (Å²) in [6.45, 7) is 0. The largest absolute Gasteiger partial charge is 0.351 e. The van der Waals surface area contributed by atoms with Crippen molar-refractivity contribution in [3.05, 3.63) is 50.1 Å². The van der Waals surface area contributed by atoms with Crippen LogP contribution in [0.1, 0.15) is 21.2 Å². The number of benzene rings is 1. The van der Waals surface area contributed by atoms with Crippen LogP contribution in [-0.4, -0.2) is 17.7 Å². The lowest BCUT2D eigenvalue weighted by Crippen LogP contribution is -2.40. The second kappa shape index (κ2) is 5.39. The van der Waals surface area contributed by atoms with Crippen LogP contribution in [0.5, 0.6) is 0 Å². The molecule has 0 saturated heterocycles. The van der Waals surface area contributed by atoms with E-state index in [2.05, 4.69) is 0 Å². The van der Waals surface area contributed by atoms with Gasteiger partial charge in [0.25, 0.3) is 5.91 Å². The predicted octanol–water partition coefficient (Wildman–Crippen LogP) is 3.45. The van der Waals surface area contributed by atoms with E-state index >= 15 is 0 Å². The molecule has 0 radical (unpaired) electrons. The van der Waals surface area contributed by atoms with Crippen molar-refractivity contribution in [3.8, 4) is 0 Å². The van der Waals surface area contributed by atoms with Crippen molar-refractivity contribution in [1.29, 1.82) is 0 Å². The summed E-state index contributed by atoms with van der Waals surface area (Å²) >= 11 is 12.9. The van der Waals surface area contributed by atoms with Gasteiger partial charge in [-0.3, -0.25) is 9.59 Å². The van der Waals surface area contributed by atoms with Crippen LogP contribution in [0.2, 0.25) is 10.0 Å². The van der Waals surface area contributed by atoms with Gasteiger partial charge in [-0.15, -0.1) is 11.3 Å². The first kappa shape index (κ1) is 15.0.